The number of nitrogens with two attached hydrogens (primary N) is 1. The number of hydrogen-bond donors (Lipinski definition) is 2. The fourth-order valence-corrected chi connectivity index (χ4v) is 1.28. The van der Waals surface area contributed by atoms with Gasteiger partial charge in [0.1, 0.15) is 0 Å². The molecular formula is C13H13F3N2O. The molecule has 6 heteroatoms. The molecule has 0 aliphatic rings. The average molecular weight is 270 g/mol. The van der Waals surface area contributed by atoms with Gasteiger partial charge in [-0.15, -0.1) is 0 Å². The Balaban J connectivity index is 2.54. The Hall–Kier alpha value is -2.00. The molecule has 19 heavy (non-hydrogen) atoms. The number of halogens is 3. The van der Waals surface area contributed by atoms with Crippen molar-refractivity contribution in [3.63, 3.8) is 0 Å². The minimum Gasteiger partial charge on any atom is -0.352 e. The molecule has 0 saturated heterocycles. The van der Waals surface area contributed by atoms with E-state index in [-0.39, 0.29) is 6.54 Å². The zero-order chi connectivity index (χ0) is 14.3. The van der Waals surface area contributed by atoms with Crippen LogP contribution in [0.5, 0.6) is 0 Å². The van der Waals surface area contributed by atoms with Crippen molar-refractivity contribution in [1.82, 2.24) is 5.32 Å². The number of nitrogens with one attached hydrogen (secondary N) is 1. The van der Waals surface area contributed by atoms with E-state index in [4.69, 9.17) is 5.73 Å². The Morgan fingerprint density at radius 2 is 1.89 bits per heavy atom. The van der Waals surface area contributed by atoms with Gasteiger partial charge in [0.2, 0.25) is 0 Å². The molecule has 3 nitrogen and oxygen atoms in total. The second-order valence-electron chi connectivity index (χ2n) is 3.70. The minimum absolute atomic E-state index is 0.236. The number of rotatable bonds is 3. The number of benzene rings is 1. The summed E-state index contributed by atoms with van der Waals surface area (Å²) < 4.78 is 35.7. The summed E-state index contributed by atoms with van der Waals surface area (Å²) >= 11 is 0. The topological polar surface area (TPSA) is 55.1 Å². The molecule has 0 spiro atoms. The molecular weight excluding hydrogens is 257 g/mol. The third kappa shape index (κ3) is 5.93. The van der Waals surface area contributed by atoms with Crippen molar-refractivity contribution in [1.29, 1.82) is 0 Å². The first-order valence-corrected chi connectivity index (χ1v) is 5.56. The average Bonchev–Trinajstić information content (AvgIpc) is 2.35. The molecule has 0 fully saturated rings. The summed E-state index contributed by atoms with van der Waals surface area (Å²) in [7, 11) is 0. The van der Waals surface area contributed by atoms with Gasteiger partial charge in [-0.3, -0.25) is 4.79 Å². The van der Waals surface area contributed by atoms with Crippen molar-refractivity contribution in [2.24, 2.45) is 5.73 Å². The van der Waals surface area contributed by atoms with Crippen molar-refractivity contribution in [2.75, 3.05) is 13.1 Å². The summed E-state index contributed by atoms with van der Waals surface area (Å²) in [6, 6.07) is 6.23. The number of hydrogen-bond acceptors (Lipinski definition) is 2. The highest BCUT2D eigenvalue weighted by molar-refractivity contribution is 5.94. The summed E-state index contributed by atoms with van der Waals surface area (Å²) in [6.45, 7) is -0.198. The van der Waals surface area contributed by atoms with E-state index in [1.54, 1.807) is 12.1 Å². The van der Waals surface area contributed by atoms with E-state index in [1.165, 1.54) is 12.1 Å². The highest BCUT2D eigenvalue weighted by Crippen LogP contribution is 2.18. The predicted octanol–water partition coefficient (Wildman–Crippen LogP) is 1.68. The second-order valence-corrected chi connectivity index (χ2v) is 3.70. The van der Waals surface area contributed by atoms with Gasteiger partial charge in [0.15, 0.2) is 0 Å². The van der Waals surface area contributed by atoms with Crippen LogP contribution < -0.4 is 11.1 Å². The lowest BCUT2D eigenvalue weighted by Crippen LogP contribution is -2.27. The normalized spacial score (nSPS) is 10.5. The Bertz CT molecular complexity index is 483. The first-order chi connectivity index (χ1) is 8.92. The number of amides is 1. The highest BCUT2D eigenvalue weighted by atomic mass is 19.4. The van der Waals surface area contributed by atoms with Gasteiger partial charge in [0.05, 0.1) is 13.0 Å². The zero-order valence-corrected chi connectivity index (χ0v) is 10.1. The third-order valence-electron chi connectivity index (χ3n) is 2.18. The van der Waals surface area contributed by atoms with Gasteiger partial charge >= 0.3 is 6.18 Å². The number of carbonyl (C=O) groups is 1. The Labute approximate surface area is 109 Å². The molecule has 1 aromatic carbocycles. The molecule has 0 aliphatic heterocycles. The van der Waals surface area contributed by atoms with Crippen molar-refractivity contribution in [2.45, 2.75) is 12.6 Å². The van der Waals surface area contributed by atoms with Gasteiger partial charge in [-0.2, -0.15) is 13.2 Å². The Morgan fingerprint density at radius 1 is 1.26 bits per heavy atom. The lowest BCUT2D eigenvalue weighted by Gasteiger charge is -2.07. The molecule has 1 rings (SSSR count). The smallest absolute Gasteiger partial charge is 0.352 e. The van der Waals surface area contributed by atoms with E-state index in [1.807, 2.05) is 0 Å². The molecule has 0 unspecified atom stereocenters. The lowest BCUT2D eigenvalue weighted by atomic mass is 10.1. The van der Waals surface area contributed by atoms with E-state index in [9.17, 15) is 18.0 Å². The van der Waals surface area contributed by atoms with Crippen LogP contribution in [0.15, 0.2) is 24.3 Å². The maximum absolute atomic E-state index is 11.9. The molecule has 0 aromatic heterocycles. The number of alkyl halides is 3. The van der Waals surface area contributed by atoms with Crippen LogP contribution in [0.25, 0.3) is 0 Å². The van der Waals surface area contributed by atoms with Crippen molar-refractivity contribution in [3.8, 4) is 11.8 Å². The minimum atomic E-state index is -4.27. The monoisotopic (exact) mass is 270 g/mol. The van der Waals surface area contributed by atoms with Crippen LogP contribution in [0.3, 0.4) is 0 Å². The molecule has 1 aromatic rings. The maximum Gasteiger partial charge on any atom is 0.390 e. The van der Waals surface area contributed by atoms with Crippen LogP contribution in [0.1, 0.15) is 22.3 Å². The quantitative estimate of drug-likeness (QED) is 0.821. The lowest BCUT2D eigenvalue weighted by molar-refractivity contribution is -0.132. The Kier molecular flexibility index (Phi) is 5.39. The molecule has 0 saturated carbocycles. The fourth-order valence-electron chi connectivity index (χ4n) is 1.28. The van der Waals surface area contributed by atoms with Gasteiger partial charge in [0, 0.05) is 17.7 Å². The largest absolute Gasteiger partial charge is 0.390 e. The molecule has 0 atom stereocenters. The van der Waals surface area contributed by atoms with E-state index in [0.717, 1.165) is 0 Å². The van der Waals surface area contributed by atoms with Gasteiger partial charge in [-0.05, 0) is 24.3 Å². The van der Waals surface area contributed by atoms with Crippen LogP contribution in [0.2, 0.25) is 0 Å². The van der Waals surface area contributed by atoms with Gasteiger partial charge in [0.25, 0.3) is 5.91 Å². The highest BCUT2D eigenvalue weighted by Gasteiger charge is 2.26. The van der Waals surface area contributed by atoms with Gasteiger partial charge < -0.3 is 11.1 Å². The zero-order valence-electron chi connectivity index (χ0n) is 10.1. The van der Waals surface area contributed by atoms with Crippen molar-refractivity contribution < 1.29 is 18.0 Å². The van der Waals surface area contributed by atoms with E-state index in [0.29, 0.717) is 11.1 Å². The molecule has 3 N–H and O–H groups in total. The molecule has 0 bridgehead atoms. The summed E-state index contributed by atoms with van der Waals surface area (Å²) in [5.41, 5.74) is 6.20. The standard InChI is InChI=1S/C13H13F3N2O/c14-13(15,16)7-9-18-12(19)11-5-3-10(4-6-11)2-1-8-17/h3-6H,7-9,17H2,(H,18,19). The third-order valence-corrected chi connectivity index (χ3v) is 2.18. The summed E-state index contributed by atoms with van der Waals surface area (Å²) in [5.74, 6) is 4.90. The molecule has 0 aliphatic carbocycles. The van der Waals surface area contributed by atoms with Crippen LogP contribution in [0, 0.1) is 11.8 Å². The maximum atomic E-state index is 11.9. The Morgan fingerprint density at radius 3 is 2.42 bits per heavy atom. The molecule has 0 heterocycles. The second kappa shape index (κ2) is 6.81. The van der Waals surface area contributed by atoms with Crippen LogP contribution >= 0.6 is 0 Å². The van der Waals surface area contributed by atoms with E-state index in [2.05, 4.69) is 17.2 Å². The SMILES string of the molecule is NCC#Cc1ccc(C(=O)NCCC(F)(F)F)cc1. The summed E-state index contributed by atoms with van der Waals surface area (Å²) in [6.07, 6.45) is -5.31. The van der Waals surface area contributed by atoms with Gasteiger partial charge in [-0.25, -0.2) is 0 Å². The van der Waals surface area contributed by atoms with Crippen LogP contribution in [-0.2, 0) is 0 Å². The molecule has 1 amide bonds. The molecule has 0 radical (unpaired) electrons. The van der Waals surface area contributed by atoms with Crippen molar-refractivity contribution >= 4 is 5.91 Å². The van der Waals surface area contributed by atoms with Crippen LogP contribution in [0.4, 0.5) is 13.2 Å². The first-order valence-electron chi connectivity index (χ1n) is 5.56. The number of carbonyl (C=O) groups excluding carboxylic acids is 1. The van der Waals surface area contributed by atoms with Gasteiger partial charge in [-0.1, -0.05) is 11.8 Å². The van der Waals surface area contributed by atoms with E-state index >= 15 is 0 Å². The van der Waals surface area contributed by atoms with Crippen LogP contribution in [-0.4, -0.2) is 25.2 Å². The fraction of sp³-hybridized carbons (Fsp3) is 0.308. The van der Waals surface area contributed by atoms with Crippen molar-refractivity contribution in [3.05, 3.63) is 35.4 Å². The van der Waals surface area contributed by atoms with E-state index < -0.39 is 25.0 Å². The predicted molar refractivity (Wildman–Crippen MR) is 65.4 cm³/mol. The summed E-state index contributed by atoms with van der Waals surface area (Å²) in [4.78, 5) is 11.5. The summed E-state index contributed by atoms with van der Waals surface area (Å²) in [5, 5.41) is 2.20. The molecule has 102 valence electrons. The first kappa shape index (κ1) is 15.1.